The molecule has 2 rings (SSSR count). The first kappa shape index (κ1) is 13.5. The molecule has 1 aromatic rings. The number of methoxy groups -OCH3 is 1. The standard InChI is InChI=1S/C12H17NO4S/c1-17-11-6-7-13(8-11)18(15,16)12-5-3-2-4-10(12)9-14/h2-5,11,14H,6-9H2,1H3. The van der Waals surface area contributed by atoms with Crippen LogP contribution in [0.5, 0.6) is 0 Å². The van der Waals surface area contributed by atoms with E-state index in [9.17, 15) is 13.5 Å². The fraction of sp³-hybridized carbons (Fsp3) is 0.500. The fourth-order valence-electron chi connectivity index (χ4n) is 2.13. The first-order valence-corrected chi connectivity index (χ1v) is 7.25. The second kappa shape index (κ2) is 5.36. The summed E-state index contributed by atoms with van der Waals surface area (Å²) in [5, 5.41) is 9.22. The highest BCUT2D eigenvalue weighted by Crippen LogP contribution is 2.24. The van der Waals surface area contributed by atoms with E-state index in [-0.39, 0.29) is 17.6 Å². The minimum Gasteiger partial charge on any atom is -0.392 e. The molecule has 0 spiro atoms. The molecule has 1 atom stereocenters. The van der Waals surface area contributed by atoms with Crippen LogP contribution in [0.1, 0.15) is 12.0 Å². The quantitative estimate of drug-likeness (QED) is 0.870. The van der Waals surface area contributed by atoms with Crippen molar-refractivity contribution in [3.05, 3.63) is 29.8 Å². The van der Waals surface area contributed by atoms with Gasteiger partial charge in [0.15, 0.2) is 0 Å². The molecular formula is C12H17NO4S. The Hall–Kier alpha value is -0.950. The molecule has 100 valence electrons. The molecule has 0 bridgehead atoms. The number of hydrogen-bond donors (Lipinski definition) is 1. The smallest absolute Gasteiger partial charge is 0.243 e. The number of sulfonamides is 1. The lowest BCUT2D eigenvalue weighted by Crippen LogP contribution is -2.30. The van der Waals surface area contributed by atoms with Crippen molar-refractivity contribution >= 4 is 10.0 Å². The van der Waals surface area contributed by atoms with Gasteiger partial charge in [-0.3, -0.25) is 0 Å². The number of aliphatic hydroxyl groups is 1. The van der Waals surface area contributed by atoms with Crippen LogP contribution in [0.25, 0.3) is 0 Å². The van der Waals surface area contributed by atoms with Gasteiger partial charge >= 0.3 is 0 Å². The van der Waals surface area contributed by atoms with Gasteiger partial charge in [-0.1, -0.05) is 18.2 Å². The van der Waals surface area contributed by atoms with Crippen molar-refractivity contribution in [2.75, 3.05) is 20.2 Å². The average Bonchev–Trinajstić information content (AvgIpc) is 2.88. The average molecular weight is 271 g/mol. The van der Waals surface area contributed by atoms with Gasteiger partial charge < -0.3 is 9.84 Å². The van der Waals surface area contributed by atoms with Crippen LogP contribution in [0, 0.1) is 0 Å². The molecule has 0 saturated carbocycles. The van der Waals surface area contributed by atoms with Crippen molar-refractivity contribution in [3.63, 3.8) is 0 Å². The largest absolute Gasteiger partial charge is 0.392 e. The lowest BCUT2D eigenvalue weighted by Gasteiger charge is -2.18. The summed E-state index contributed by atoms with van der Waals surface area (Å²) in [7, 11) is -1.95. The second-order valence-electron chi connectivity index (χ2n) is 4.28. The van der Waals surface area contributed by atoms with E-state index in [1.807, 2.05) is 0 Å². The number of benzene rings is 1. The molecule has 0 amide bonds. The van der Waals surface area contributed by atoms with Crippen LogP contribution in [0.4, 0.5) is 0 Å². The summed E-state index contributed by atoms with van der Waals surface area (Å²) in [4.78, 5) is 0.184. The normalized spacial score (nSPS) is 21.3. The van der Waals surface area contributed by atoms with Gasteiger partial charge in [-0.05, 0) is 18.1 Å². The first-order chi connectivity index (χ1) is 8.59. The number of ether oxygens (including phenoxy) is 1. The Morgan fingerprint density at radius 2 is 2.17 bits per heavy atom. The number of aliphatic hydroxyl groups excluding tert-OH is 1. The third-order valence-electron chi connectivity index (χ3n) is 3.20. The summed E-state index contributed by atoms with van der Waals surface area (Å²) < 4.78 is 31.5. The second-order valence-corrected chi connectivity index (χ2v) is 6.18. The summed E-state index contributed by atoms with van der Waals surface area (Å²) in [5.41, 5.74) is 0.429. The van der Waals surface area contributed by atoms with Crippen LogP contribution in [0.2, 0.25) is 0 Å². The van der Waals surface area contributed by atoms with Crippen LogP contribution < -0.4 is 0 Å². The highest BCUT2D eigenvalue weighted by molar-refractivity contribution is 7.89. The van der Waals surface area contributed by atoms with Crippen molar-refractivity contribution < 1.29 is 18.3 Å². The lowest BCUT2D eigenvalue weighted by atomic mass is 10.2. The van der Waals surface area contributed by atoms with Crippen LogP contribution >= 0.6 is 0 Å². The van der Waals surface area contributed by atoms with E-state index >= 15 is 0 Å². The first-order valence-electron chi connectivity index (χ1n) is 5.81. The molecule has 6 heteroatoms. The maximum Gasteiger partial charge on any atom is 0.243 e. The van der Waals surface area contributed by atoms with Crippen LogP contribution in [0.15, 0.2) is 29.2 Å². The molecule has 1 fully saturated rings. The highest BCUT2D eigenvalue weighted by atomic mass is 32.2. The van der Waals surface area contributed by atoms with E-state index in [0.717, 1.165) is 0 Å². The van der Waals surface area contributed by atoms with Crippen LogP contribution in [-0.4, -0.2) is 44.1 Å². The van der Waals surface area contributed by atoms with E-state index in [1.165, 1.54) is 10.4 Å². The monoisotopic (exact) mass is 271 g/mol. The minimum atomic E-state index is -3.53. The molecule has 0 aliphatic carbocycles. The molecule has 1 aliphatic rings. The Labute approximate surface area is 107 Å². The summed E-state index contributed by atoms with van der Waals surface area (Å²) in [6.07, 6.45) is 0.665. The Morgan fingerprint density at radius 1 is 1.44 bits per heavy atom. The maximum atomic E-state index is 12.4. The van der Waals surface area contributed by atoms with Crippen LogP contribution in [-0.2, 0) is 21.4 Å². The summed E-state index contributed by atoms with van der Waals surface area (Å²) in [5.74, 6) is 0. The third-order valence-corrected chi connectivity index (χ3v) is 5.17. The van der Waals surface area contributed by atoms with Gasteiger partial charge in [0.2, 0.25) is 10.0 Å². The molecule has 0 radical (unpaired) electrons. The molecule has 1 saturated heterocycles. The van der Waals surface area contributed by atoms with Gasteiger partial charge in [0.1, 0.15) is 0 Å². The Bertz CT molecular complexity index is 515. The topological polar surface area (TPSA) is 66.8 Å². The predicted octanol–water partition coefficient (Wildman–Crippen LogP) is 0.588. The maximum absolute atomic E-state index is 12.4. The number of rotatable bonds is 4. The Kier molecular flexibility index (Phi) is 4.01. The molecule has 1 aromatic carbocycles. The fourth-order valence-corrected chi connectivity index (χ4v) is 3.83. The number of nitrogens with zero attached hydrogens (tertiary/aromatic N) is 1. The van der Waals surface area contributed by atoms with Crippen molar-refractivity contribution in [1.29, 1.82) is 0 Å². The predicted molar refractivity (Wildman–Crippen MR) is 66.5 cm³/mol. The van der Waals surface area contributed by atoms with E-state index in [1.54, 1.807) is 25.3 Å². The van der Waals surface area contributed by atoms with E-state index in [0.29, 0.717) is 25.1 Å². The van der Waals surface area contributed by atoms with Crippen molar-refractivity contribution in [2.24, 2.45) is 0 Å². The summed E-state index contributed by atoms with van der Waals surface area (Å²) >= 11 is 0. The lowest BCUT2D eigenvalue weighted by molar-refractivity contribution is 0.115. The molecule has 1 unspecified atom stereocenters. The van der Waals surface area contributed by atoms with E-state index in [2.05, 4.69) is 0 Å². The van der Waals surface area contributed by atoms with Gasteiger partial charge in [-0.25, -0.2) is 8.42 Å². The SMILES string of the molecule is COC1CCN(S(=O)(=O)c2ccccc2CO)C1. The third kappa shape index (κ3) is 2.42. The van der Waals surface area contributed by atoms with E-state index in [4.69, 9.17) is 4.74 Å². The van der Waals surface area contributed by atoms with Gasteiger partial charge in [-0.15, -0.1) is 0 Å². The highest BCUT2D eigenvalue weighted by Gasteiger charge is 2.33. The van der Waals surface area contributed by atoms with Gasteiger partial charge in [-0.2, -0.15) is 4.31 Å². The summed E-state index contributed by atoms with van der Waals surface area (Å²) in [6.45, 7) is 0.552. The molecule has 1 N–H and O–H groups in total. The van der Waals surface area contributed by atoms with Gasteiger partial charge in [0.05, 0.1) is 17.6 Å². The zero-order valence-corrected chi connectivity index (χ0v) is 11.1. The molecular weight excluding hydrogens is 254 g/mol. The van der Waals surface area contributed by atoms with Crippen molar-refractivity contribution in [1.82, 2.24) is 4.31 Å². The zero-order chi connectivity index (χ0) is 13.2. The molecule has 18 heavy (non-hydrogen) atoms. The van der Waals surface area contributed by atoms with Gasteiger partial charge in [0, 0.05) is 20.2 Å². The zero-order valence-electron chi connectivity index (χ0n) is 10.2. The Balaban J connectivity index is 2.31. The van der Waals surface area contributed by atoms with Crippen molar-refractivity contribution in [3.8, 4) is 0 Å². The van der Waals surface area contributed by atoms with Crippen molar-refractivity contribution in [2.45, 2.75) is 24.0 Å². The van der Waals surface area contributed by atoms with E-state index < -0.39 is 10.0 Å². The minimum absolute atomic E-state index is 0.0407. The molecule has 5 nitrogen and oxygen atoms in total. The number of hydrogen-bond acceptors (Lipinski definition) is 4. The summed E-state index contributed by atoms with van der Waals surface area (Å²) in [6, 6.07) is 6.53. The Morgan fingerprint density at radius 3 is 2.78 bits per heavy atom. The molecule has 1 heterocycles. The van der Waals surface area contributed by atoms with Gasteiger partial charge in [0.25, 0.3) is 0 Å². The molecule has 0 aromatic heterocycles. The van der Waals surface area contributed by atoms with Crippen LogP contribution in [0.3, 0.4) is 0 Å². The molecule has 1 aliphatic heterocycles.